The van der Waals surface area contributed by atoms with Gasteiger partial charge in [0.15, 0.2) is 0 Å². The Morgan fingerprint density at radius 1 is 1.33 bits per heavy atom. The Bertz CT molecular complexity index is 635. The summed E-state index contributed by atoms with van der Waals surface area (Å²) in [6.07, 6.45) is 1.20. The highest BCUT2D eigenvalue weighted by Crippen LogP contribution is 2.14. The second-order valence-electron chi connectivity index (χ2n) is 5.16. The van der Waals surface area contributed by atoms with Gasteiger partial charge in [-0.1, -0.05) is 25.1 Å². The number of morpholine rings is 1. The molecule has 6 heteroatoms. The van der Waals surface area contributed by atoms with E-state index in [1.807, 2.05) is 30.3 Å². The van der Waals surface area contributed by atoms with Gasteiger partial charge in [0.2, 0.25) is 5.89 Å². The lowest BCUT2D eigenvalue weighted by Gasteiger charge is -2.31. The van der Waals surface area contributed by atoms with Gasteiger partial charge in [-0.25, -0.2) is 4.79 Å². The smallest absolute Gasteiger partial charge is 0.388 e. The van der Waals surface area contributed by atoms with Gasteiger partial charge < -0.3 is 9.15 Å². The maximum Gasteiger partial charge on any atom is 0.438 e. The van der Waals surface area contributed by atoms with Crippen molar-refractivity contribution in [1.82, 2.24) is 14.7 Å². The van der Waals surface area contributed by atoms with Crippen LogP contribution in [0.25, 0.3) is 11.5 Å². The van der Waals surface area contributed by atoms with Crippen LogP contribution in [-0.2, 0) is 11.4 Å². The molecule has 0 saturated carbocycles. The summed E-state index contributed by atoms with van der Waals surface area (Å²) in [6, 6.07) is 9.44. The molecule has 112 valence electrons. The van der Waals surface area contributed by atoms with E-state index in [0.717, 1.165) is 25.1 Å². The fraction of sp³-hybridized carbons (Fsp3) is 0.467. The van der Waals surface area contributed by atoms with Crippen molar-refractivity contribution in [2.75, 3.05) is 19.7 Å². The van der Waals surface area contributed by atoms with E-state index < -0.39 is 5.76 Å². The monoisotopic (exact) mass is 289 g/mol. The molecule has 1 fully saturated rings. The molecule has 0 aliphatic carbocycles. The minimum absolute atomic E-state index is 0.231. The number of rotatable bonds is 4. The molecule has 1 aromatic carbocycles. The molecular formula is C15H19N3O3. The van der Waals surface area contributed by atoms with E-state index in [-0.39, 0.29) is 6.10 Å². The summed E-state index contributed by atoms with van der Waals surface area (Å²) < 4.78 is 12.2. The molecule has 2 aromatic rings. The highest BCUT2D eigenvalue weighted by atomic mass is 16.5. The number of nitrogens with zero attached hydrogens (tertiary/aromatic N) is 3. The molecule has 1 saturated heterocycles. The zero-order valence-electron chi connectivity index (χ0n) is 12.1. The number of ether oxygens (including phenoxy) is 1. The zero-order chi connectivity index (χ0) is 14.7. The van der Waals surface area contributed by atoms with E-state index in [9.17, 15) is 4.79 Å². The summed E-state index contributed by atoms with van der Waals surface area (Å²) in [6.45, 7) is 4.85. The quantitative estimate of drug-likeness (QED) is 0.855. The van der Waals surface area contributed by atoms with E-state index in [0.29, 0.717) is 19.2 Å². The van der Waals surface area contributed by atoms with Crippen molar-refractivity contribution < 1.29 is 9.15 Å². The normalized spacial score (nSPS) is 19.8. The number of benzene rings is 1. The van der Waals surface area contributed by atoms with Gasteiger partial charge in [0.1, 0.15) is 6.67 Å². The van der Waals surface area contributed by atoms with Gasteiger partial charge in [-0.2, -0.15) is 4.68 Å². The van der Waals surface area contributed by atoms with Crippen molar-refractivity contribution in [2.45, 2.75) is 26.1 Å². The summed E-state index contributed by atoms with van der Waals surface area (Å²) >= 11 is 0. The Morgan fingerprint density at radius 2 is 2.14 bits per heavy atom. The molecule has 1 aliphatic heterocycles. The van der Waals surface area contributed by atoms with Gasteiger partial charge >= 0.3 is 5.76 Å². The molecule has 0 spiro atoms. The van der Waals surface area contributed by atoms with Crippen LogP contribution in [0.1, 0.15) is 13.3 Å². The average molecular weight is 289 g/mol. The van der Waals surface area contributed by atoms with Crippen molar-refractivity contribution in [3.8, 4) is 11.5 Å². The van der Waals surface area contributed by atoms with E-state index in [4.69, 9.17) is 9.15 Å². The standard InChI is InChI=1S/C15H19N3O3/c1-2-13-10-17(8-9-20-13)11-18-15(19)21-14(16-18)12-6-4-3-5-7-12/h3-7,13H,2,8-11H2,1H3/t13-/m1/s1. The first kappa shape index (κ1) is 14.0. The molecule has 21 heavy (non-hydrogen) atoms. The summed E-state index contributed by atoms with van der Waals surface area (Å²) in [4.78, 5) is 14.1. The van der Waals surface area contributed by atoms with Gasteiger partial charge in [0.25, 0.3) is 0 Å². The third-order valence-corrected chi connectivity index (χ3v) is 3.64. The first-order valence-electron chi connectivity index (χ1n) is 7.23. The Kier molecular flexibility index (Phi) is 4.17. The average Bonchev–Trinajstić information content (AvgIpc) is 2.89. The lowest BCUT2D eigenvalue weighted by atomic mass is 10.2. The SMILES string of the molecule is CC[C@@H]1CN(Cn2nc(-c3ccccc3)oc2=O)CCO1. The van der Waals surface area contributed by atoms with Gasteiger partial charge in [-0.15, -0.1) is 5.10 Å². The molecule has 0 radical (unpaired) electrons. The Hall–Kier alpha value is -1.92. The lowest BCUT2D eigenvalue weighted by molar-refractivity contribution is -0.0417. The van der Waals surface area contributed by atoms with Gasteiger partial charge in [-0.3, -0.25) is 4.90 Å². The Balaban J connectivity index is 1.74. The van der Waals surface area contributed by atoms with Crippen molar-refractivity contribution in [3.63, 3.8) is 0 Å². The summed E-state index contributed by atoms with van der Waals surface area (Å²) in [7, 11) is 0. The van der Waals surface area contributed by atoms with E-state index in [1.54, 1.807) is 0 Å². The van der Waals surface area contributed by atoms with E-state index in [1.165, 1.54) is 4.68 Å². The van der Waals surface area contributed by atoms with Crippen molar-refractivity contribution in [1.29, 1.82) is 0 Å². The molecule has 6 nitrogen and oxygen atoms in total. The van der Waals surface area contributed by atoms with Gasteiger partial charge in [0.05, 0.1) is 12.7 Å². The van der Waals surface area contributed by atoms with Crippen LogP contribution >= 0.6 is 0 Å². The van der Waals surface area contributed by atoms with E-state index in [2.05, 4.69) is 16.9 Å². The summed E-state index contributed by atoms with van der Waals surface area (Å²) in [5.74, 6) is -0.0608. The molecule has 0 unspecified atom stereocenters. The number of aromatic nitrogens is 2. The van der Waals surface area contributed by atoms with Crippen LogP contribution in [0.4, 0.5) is 0 Å². The maximum absolute atomic E-state index is 11.9. The van der Waals surface area contributed by atoms with Crippen LogP contribution < -0.4 is 5.76 Å². The predicted molar refractivity (Wildman–Crippen MR) is 77.8 cm³/mol. The first-order valence-corrected chi connectivity index (χ1v) is 7.23. The van der Waals surface area contributed by atoms with Crippen LogP contribution in [-0.4, -0.2) is 40.5 Å². The fourth-order valence-electron chi connectivity index (χ4n) is 2.44. The molecular weight excluding hydrogens is 270 g/mol. The van der Waals surface area contributed by atoms with Gasteiger partial charge in [0, 0.05) is 18.7 Å². The van der Waals surface area contributed by atoms with Crippen LogP contribution in [0.2, 0.25) is 0 Å². The Labute approximate surface area is 122 Å². The lowest BCUT2D eigenvalue weighted by Crippen LogP contribution is -2.44. The van der Waals surface area contributed by atoms with Crippen LogP contribution in [0.5, 0.6) is 0 Å². The zero-order valence-corrected chi connectivity index (χ0v) is 12.1. The molecule has 0 bridgehead atoms. The summed E-state index contributed by atoms with van der Waals surface area (Å²) in [5.41, 5.74) is 0.807. The highest BCUT2D eigenvalue weighted by molar-refractivity contribution is 5.51. The maximum atomic E-state index is 11.9. The number of hydrogen-bond acceptors (Lipinski definition) is 5. The second kappa shape index (κ2) is 6.24. The topological polar surface area (TPSA) is 60.5 Å². The second-order valence-corrected chi connectivity index (χ2v) is 5.16. The third kappa shape index (κ3) is 3.22. The fourth-order valence-corrected chi connectivity index (χ4v) is 2.44. The predicted octanol–water partition coefficient (Wildman–Crippen LogP) is 1.57. The molecule has 1 aliphatic rings. The van der Waals surface area contributed by atoms with Crippen molar-refractivity contribution in [3.05, 3.63) is 40.9 Å². The molecule has 2 heterocycles. The van der Waals surface area contributed by atoms with Crippen molar-refractivity contribution >= 4 is 0 Å². The molecule has 3 rings (SSSR count). The highest BCUT2D eigenvalue weighted by Gasteiger charge is 2.20. The largest absolute Gasteiger partial charge is 0.438 e. The van der Waals surface area contributed by atoms with Gasteiger partial charge in [-0.05, 0) is 18.6 Å². The van der Waals surface area contributed by atoms with Crippen LogP contribution in [0.3, 0.4) is 0 Å². The van der Waals surface area contributed by atoms with E-state index >= 15 is 0 Å². The molecule has 1 atom stereocenters. The van der Waals surface area contributed by atoms with Crippen molar-refractivity contribution in [2.24, 2.45) is 0 Å². The third-order valence-electron chi connectivity index (χ3n) is 3.64. The number of hydrogen-bond donors (Lipinski definition) is 0. The van der Waals surface area contributed by atoms with Crippen LogP contribution in [0.15, 0.2) is 39.5 Å². The minimum atomic E-state index is -0.423. The molecule has 0 amide bonds. The molecule has 0 N–H and O–H groups in total. The van der Waals surface area contributed by atoms with Crippen LogP contribution in [0, 0.1) is 0 Å². The minimum Gasteiger partial charge on any atom is -0.388 e. The first-order chi connectivity index (χ1) is 10.3. The molecule has 1 aromatic heterocycles. The Morgan fingerprint density at radius 3 is 2.90 bits per heavy atom. The summed E-state index contributed by atoms with van der Waals surface area (Å²) in [5, 5.41) is 4.28.